The van der Waals surface area contributed by atoms with Crippen molar-refractivity contribution in [2.75, 3.05) is 37.6 Å². The number of aromatic nitrogens is 2. The van der Waals surface area contributed by atoms with E-state index in [9.17, 15) is 4.79 Å². The lowest BCUT2D eigenvalue weighted by Crippen LogP contribution is -2.33. The molecule has 8 heteroatoms. The molecule has 1 amide bonds. The van der Waals surface area contributed by atoms with Gasteiger partial charge in [-0.05, 0) is 79.7 Å². The first-order valence-corrected chi connectivity index (χ1v) is 14.2. The van der Waals surface area contributed by atoms with Gasteiger partial charge in [0.05, 0.1) is 35.1 Å². The molecule has 1 saturated heterocycles. The Morgan fingerprint density at radius 2 is 1.97 bits per heavy atom. The van der Waals surface area contributed by atoms with Gasteiger partial charge in [-0.2, -0.15) is 5.26 Å². The summed E-state index contributed by atoms with van der Waals surface area (Å²) in [4.78, 5) is 22.8. The number of nitrogens with zero attached hydrogens (tertiary/aromatic N) is 5. The number of fused-ring (bicyclic) bond motifs is 1. The molecule has 0 atom stereocenters. The van der Waals surface area contributed by atoms with Crippen molar-refractivity contribution in [2.45, 2.75) is 39.3 Å². The molecule has 3 heterocycles. The Morgan fingerprint density at radius 1 is 1.16 bits per heavy atom. The average Bonchev–Trinajstić information content (AvgIpc) is 3.70. The second kappa shape index (κ2) is 12.2. The number of hydrogen-bond acceptors (Lipinski definition) is 6. The predicted molar refractivity (Wildman–Crippen MR) is 154 cm³/mol. The van der Waals surface area contributed by atoms with Crippen LogP contribution in [0.25, 0.3) is 10.1 Å². The standard InChI is InChI=1S/C30H34N6OS/c1-2-12-35(21-27-19-32-22-36(27)20-24-7-5-23(18-31)6-8-24)26-9-10-28-25(16-26)17-29(38-28)30(37)33-11-15-34-13-3-4-14-34/h5-10,16-17,19,22H,2-4,11-15,20-21H2,1H3,(H,33,37). The molecule has 0 saturated carbocycles. The Morgan fingerprint density at radius 3 is 2.74 bits per heavy atom. The molecule has 0 radical (unpaired) electrons. The maximum atomic E-state index is 12.8. The molecular weight excluding hydrogens is 492 g/mol. The first kappa shape index (κ1) is 26.0. The highest BCUT2D eigenvalue weighted by molar-refractivity contribution is 7.20. The van der Waals surface area contributed by atoms with Crippen molar-refractivity contribution in [3.05, 3.63) is 82.8 Å². The topological polar surface area (TPSA) is 77.2 Å². The molecule has 1 aliphatic heterocycles. The fourth-order valence-electron chi connectivity index (χ4n) is 5.03. The van der Waals surface area contributed by atoms with Crippen LogP contribution >= 0.6 is 11.3 Å². The second-order valence-electron chi connectivity index (χ2n) is 9.88. The third-order valence-corrected chi connectivity index (χ3v) is 8.20. The summed E-state index contributed by atoms with van der Waals surface area (Å²) in [6.07, 6.45) is 7.35. The Hall–Kier alpha value is -3.67. The number of thiophene rings is 1. The number of hydrogen-bond donors (Lipinski definition) is 1. The average molecular weight is 527 g/mol. The first-order chi connectivity index (χ1) is 18.6. The van der Waals surface area contributed by atoms with Crippen LogP contribution in [0.3, 0.4) is 0 Å². The van der Waals surface area contributed by atoms with Crippen LogP contribution < -0.4 is 10.2 Å². The van der Waals surface area contributed by atoms with Crippen molar-refractivity contribution in [3.8, 4) is 6.07 Å². The molecule has 0 unspecified atom stereocenters. The minimum absolute atomic E-state index is 0.0177. The van der Waals surface area contributed by atoms with Crippen LogP contribution in [0.4, 0.5) is 5.69 Å². The van der Waals surface area contributed by atoms with E-state index in [4.69, 9.17) is 5.26 Å². The molecule has 0 aliphatic carbocycles. The minimum Gasteiger partial charge on any atom is -0.366 e. The van der Waals surface area contributed by atoms with Crippen LogP contribution in [0.5, 0.6) is 0 Å². The summed E-state index contributed by atoms with van der Waals surface area (Å²) < 4.78 is 3.29. The van der Waals surface area contributed by atoms with E-state index in [1.54, 1.807) is 11.3 Å². The number of imidazole rings is 1. The van der Waals surface area contributed by atoms with Crippen LogP contribution in [-0.2, 0) is 13.1 Å². The zero-order valence-electron chi connectivity index (χ0n) is 21.9. The fraction of sp³-hybridized carbons (Fsp3) is 0.367. The normalized spacial score (nSPS) is 13.6. The van der Waals surface area contributed by atoms with E-state index in [1.165, 1.54) is 12.8 Å². The van der Waals surface area contributed by atoms with Crippen molar-refractivity contribution < 1.29 is 4.79 Å². The molecule has 196 valence electrons. The van der Waals surface area contributed by atoms with Gasteiger partial charge in [-0.3, -0.25) is 4.79 Å². The summed E-state index contributed by atoms with van der Waals surface area (Å²) in [5.74, 6) is 0.0177. The van der Waals surface area contributed by atoms with Gasteiger partial charge in [-0.25, -0.2) is 4.98 Å². The van der Waals surface area contributed by atoms with Crippen LogP contribution in [-0.4, -0.2) is 53.1 Å². The van der Waals surface area contributed by atoms with Gasteiger partial charge in [0.2, 0.25) is 0 Å². The molecule has 7 nitrogen and oxygen atoms in total. The number of nitrogens with one attached hydrogen (secondary N) is 1. The highest BCUT2D eigenvalue weighted by Crippen LogP contribution is 2.30. The molecule has 4 aromatic rings. The highest BCUT2D eigenvalue weighted by atomic mass is 32.1. The van der Waals surface area contributed by atoms with E-state index in [0.29, 0.717) is 18.7 Å². The van der Waals surface area contributed by atoms with Gasteiger partial charge in [-0.15, -0.1) is 11.3 Å². The number of anilines is 1. The summed E-state index contributed by atoms with van der Waals surface area (Å²) >= 11 is 1.56. The zero-order valence-corrected chi connectivity index (χ0v) is 22.7. The first-order valence-electron chi connectivity index (χ1n) is 13.4. The van der Waals surface area contributed by atoms with Crippen LogP contribution in [0.2, 0.25) is 0 Å². The van der Waals surface area contributed by atoms with E-state index < -0.39 is 0 Å². The SMILES string of the molecule is CCCN(Cc1cncn1Cc1ccc(C#N)cc1)c1ccc2sc(C(=O)NCCN3CCCC3)cc2c1. The number of benzene rings is 2. The van der Waals surface area contributed by atoms with E-state index in [2.05, 4.69) is 55.9 Å². The summed E-state index contributed by atoms with van der Waals surface area (Å²) in [7, 11) is 0. The smallest absolute Gasteiger partial charge is 0.261 e. The number of carbonyl (C=O) groups excluding carboxylic acids is 1. The summed E-state index contributed by atoms with van der Waals surface area (Å²) in [5, 5.41) is 13.3. The molecule has 1 fully saturated rings. The Labute approximate surface area is 228 Å². The maximum Gasteiger partial charge on any atom is 0.261 e. The lowest BCUT2D eigenvalue weighted by atomic mass is 10.1. The van der Waals surface area contributed by atoms with Crippen LogP contribution in [0, 0.1) is 11.3 Å². The molecule has 5 rings (SSSR count). The van der Waals surface area contributed by atoms with Crippen LogP contribution in [0.1, 0.15) is 52.7 Å². The molecule has 0 bridgehead atoms. The third kappa shape index (κ3) is 6.24. The van der Waals surface area contributed by atoms with Crippen molar-refractivity contribution >= 4 is 33.0 Å². The number of nitriles is 1. The van der Waals surface area contributed by atoms with Gasteiger partial charge in [-0.1, -0.05) is 19.1 Å². The van der Waals surface area contributed by atoms with Gasteiger partial charge >= 0.3 is 0 Å². The van der Waals surface area contributed by atoms with Gasteiger partial charge in [0.25, 0.3) is 5.91 Å². The van der Waals surface area contributed by atoms with Gasteiger partial charge in [0, 0.05) is 42.8 Å². The van der Waals surface area contributed by atoms with E-state index in [1.807, 2.05) is 42.9 Å². The van der Waals surface area contributed by atoms with Crippen molar-refractivity contribution in [3.63, 3.8) is 0 Å². The molecule has 38 heavy (non-hydrogen) atoms. The van der Waals surface area contributed by atoms with Crippen molar-refractivity contribution in [2.24, 2.45) is 0 Å². The Bertz CT molecular complexity index is 1410. The molecule has 2 aromatic carbocycles. The number of carbonyl (C=O) groups is 1. The Balaban J connectivity index is 1.27. The second-order valence-corrected chi connectivity index (χ2v) is 11.0. The highest BCUT2D eigenvalue weighted by Gasteiger charge is 2.15. The van der Waals surface area contributed by atoms with Crippen LogP contribution in [0.15, 0.2) is 61.1 Å². The lowest BCUT2D eigenvalue weighted by molar-refractivity contribution is 0.0954. The number of amides is 1. The van der Waals surface area contributed by atoms with Gasteiger partial charge in [0.15, 0.2) is 0 Å². The van der Waals surface area contributed by atoms with Gasteiger partial charge in [0.1, 0.15) is 0 Å². The Kier molecular flexibility index (Phi) is 8.37. The summed E-state index contributed by atoms with van der Waals surface area (Å²) in [6.45, 7) is 8.46. The molecular formula is C30H34N6OS. The molecule has 2 aromatic heterocycles. The fourth-order valence-corrected chi connectivity index (χ4v) is 5.99. The zero-order chi connectivity index (χ0) is 26.3. The summed E-state index contributed by atoms with van der Waals surface area (Å²) in [6, 6.07) is 18.4. The van der Waals surface area contributed by atoms with Crippen molar-refractivity contribution in [1.29, 1.82) is 5.26 Å². The quantitative estimate of drug-likeness (QED) is 0.289. The maximum absolute atomic E-state index is 12.8. The number of likely N-dealkylation sites (tertiary alicyclic amines) is 1. The van der Waals surface area contributed by atoms with Crippen molar-refractivity contribution in [1.82, 2.24) is 19.8 Å². The molecule has 0 spiro atoms. The third-order valence-electron chi connectivity index (χ3n) is 7.08. The predicted octanol–water partition coefficient (Wildman–Crippen LogP) is 5.26. The molecule has 1 aliphatic rings. The van der Waals surface area contributed by atoms with E-state index in [0.717, 1.165) is 71.1 Å². The number of rotatable bonds is 11. The summed E-state index contributed by atoms with van der Waals surface area (Å²) in [5.41, 5.74) is 4.08. The van der Waals surface area contributed by atoms with E-state index in [-0.39, 0.29) is 5.91 Å². The lowest BCUT2D eigenvalue weighted by Gasteiger charge is -2.25. The van der Waals surface area contributed by atoms with E-state index >= 15 is 0 Å². The monoisotopic (exact) mass is 526 g/mol. The van der Waals surface area contributed by atoms with Gasteiger partial charge < -0.3 is 19.7 Å². The molecule has 1 N–H and O–H groups in total. The minimum atomic E-state index is 0.0177. The largest absolute Gasteiger partial charge is 0.366 e.